The first-order valence-corrected chi connectivity index (χ1v) is 6.07. The van der Waals surface area contributed by atoms with E-state index in [1.165, 1.54) is 4.31 Å². The molecule has 16 heavy (non-hydrogen) atoms. The number of ether oxygens (including phenoxy) is 2. The van der Waals surface area contributed by atoms with Crippen molar-refractivity contribution in [1.29, 1.82) is 0 Å². The number of fused-ring (bicyclic) bond motifs is 1. The van der Waals surface area contributed by atoms with Crippen molar-refractivity contribution in [3.05, 3.63) is 18.2 Å². The van der Waals surface area contributed by atoms with Gasteiger partial charge in [0.15, 0.2) is 11.5 Å². The van der Waals surface area contributed by atoms with E-state index in [0.29, 0.717) is 36.9 Å². The molecule has 1 aromatic rings. The Morgan fingerprint density at radius 2 is 2.06 bits per heavy atom. The van der Waals surface area contributed by atoms with Crippen molar-refractivity contribution in [1.82, 2.24) is 0 Å². The van der Waals surface area contributed by atoms with Crippen molar-refractivity contribution in [2.75, 3.05) is 24.1 Å². The highest BCUT2D eigenvalue weighted by Gasteiger charge is 2.16. The number of rotatable bonds is 3. The molecule has 0 saturated carbocycles. The molecule has 0 bridgehead atoms. The zero-order chi connectivity index (χ0) is 11.5. The van der Waals surface area contributed by atoms with Crippen molar-refractivity contribution in [2.45, 2.75) is 6.92 Å². The highest BCUT2D eigenvalue weighted by atomic mass is 32.2. The van der Waals surface area contributed by atoms with Crippen LogP contribution in [0.5, 0.6) is 11.5 Å². The Hall–Kier alpha value is -1.27. The molecule has 1 aliphatic heterocycles. The largest absolute Gasteiger partial charge is 0.486 e. The molecule has 1 atom stereocenters. The van der Waals surface area contributed by atoms with Gasteiger partial charge in [0.1, 0.15) is 13.2 Å². The molecule has 5 nitrogen and oxygen atoms in total. The van der Waals surface area contributed by atoms with Crippen molar-refractivity contribution in [3.63, 3.8) is 0 Å². The fraction of sp³-hybridized carbons (Fsp3) is 0.400. The van der Waals surface area contributed by atoms with Crippen LogP contribution < -0.4 is 13.8 Å². The smallest absolute Gasteiger partial charge is 0.261 e. The molecule has 0 radical (unpaired) electrons. The fourth-order valence-corrected chi connectivity index (χ4v) is 2.09. The Labute approximate surface area is 96.4 Å². The second-order valence-corrected chi connectivity index (χ2v) is 4.16. The molecule has 1 unspecified atom stereocenters. The zero-order valence-corrected chi connectivity index (χ0v) is 9.70. The van der Waals surface area contributed by atoms with Crippen molar-refractivity contribution < 1.29 is 18.2 Å². The van der Waals surface area contributed by atoms with Crippen LogP contribution in [0.1, 0.15) is 6.92 Å². The summed E-state index contributed by atoms with van der Waals surface area (Å²) in [5, 5.41) is 0. The summed E-state index contributed by atoms with van der Waals surface area (Å²) in [6.45, 7) is 3.30. The molecule has 0 spiro atoms. The SMILES string of the molecule is CCN(c1ccc2c(c1)OCCO2)S(=O)O. The molecule has 88 valence electrons. The van der Waals surface area contributed by atoms with Crippen molar-refractivity contribution >= 4 is 17.0 Å². The van der Waals surface area contributed by atoms with E-state index in [1.54, 1.807) is 18.2 Å². The molecule has 1 aromatic carbocycles. The summed E-state index contributed by atoms with van der Waals surface area (Å²) >= 11 is -2.02. The lowest BCUT2D eigenvalue weighted by molar-refractivity contribution is 0.171. The van der Waals surface area contributed by atoms with Gasteiger partial charge in [-0.25, -0.2) is 4.21 Å². The molecule has 1 N–H and O–H groups in total. The van der Waals surface area contributed by atoms with Crippen molar-refractivity contribution in [2.24, 2.45) is 0 Å². The maximum atomic E-state index is 11.1. The number of hydrogen-bond acceptors (Lipinski definition) is 3. The van der Waals surface area contributed by atoms with Gasteiger partial charge in [-0.1, -0.05) is 0 Å². The summed E-state index contributed by atoms with van der Waals surface area (Å²) in [6.07, 6.45) is 0. The quantitative estimate of drug-likeness (QED) is 0.816. The fourth-order valence-electron chi connectivity index (χ4n) is 1.57. The number of hydrogen-bond donors (Lipinski definition) is 1. The van der Waals surface area contributed by atoms with Gasteiger partial charge in [0, 0.05) is 12.6 Å². The lowest BCUT2D eigenvalue weighted by atomic mass is 10.2. The second-order valence-electron chi connectivity index (χ2n) is 3.25. The molecular formula is C10H13NO4S. The average molecular weight is 243 g/mol. The maximum absolute atomic E-state index is 11.1. The highest BCUT2D eigenvalue weighted by molar-refractivity contribution is 7.80. The van der Waals surface area contributed by atoms with Crippen LogP contribution in [-0.2, 0) is 11.3 Å². The minimum Gasteiger partial charge on any atom is -0.486 e. The van der Waals surface area contributed by atoms with Crippen molar-refractivity contribution in [3.8, 4) is 11.5 Å². The van der Waals surface area contributed by atoms with Gasteiger partial charge in [-0.15, -0.1) is 0 Å². The maximum Gasteiger partial charge on any atom is 0.261 e. The van der Waals surface area contributed by atoms with Gasteiger partial charge in [-0.3, -0.25) is 8.86 Å². The van der Waals surface area contributed by atoms with Crippen LogP contribution >= 0.6 is 0 Å². The first kappa shape index (κ1) is 11.2. The van der Waals surface area contributed by atoms with Crippen LogP contribution in [0.15, 0.2) is 18.2 Å². The van der Waals surface area contributed by atoms with Gasteiger partial charge in [0.2, 0.25) is 0 Å². The molecule has 0 saturated heterocycles. The van der Waals surface area contributed by atoms with E-state index in [-0.39, 0.29) is 0 Å². The van der Waals surface area contributed by atoms with E-state index in [0.717, 1.165) is 0 Å². The standard InChI is InChI=1S/C10H13NO4S/c1-2-11(16(12)13)8-3-4-9-10(7-8)15-6-5-14-9/h3-4,7H,2,5-6H2,1H3,(H,12,13). The van der Waals surface area contributed by atoms with Crippen LogP contribution in [0.25, 0.3) is 0 Å². The summed E-state index contributed by atoms with van der Waals surface area (Å²) in [7, 11) is 0. The minimum absolute atomic E-state index is 0.447. The number of anilines is 1. The van der Waals surface area contributed by atoms with Gasteiger partial charge >= 0.3 is 0 Å². The Morgan fingerprint density at radius 1 is 1.38 bits per heavy atom. The second kappa shape index (κ2) is 4.71. The molecule has 0 amide bonds. The lowest BCUT2D eigenvalue weighted by Gasteiger charge is -2.22. The van der Waals surface area contributed by atoms with Gasteiger partial charge in [0.25, 0.3) is 11.3 Å². The van der Waals surface area contributed by atoms with Gasteiger partial charge < -0.3 is 9.47 Å². The molecule has 1 heterocycles. The van der Waals surface area contributed by atoms with Crippen LogP contribution in [0.3, 0.4) is 0 Å². The first-order valence-electron chi connectivity index (χ1n) is 5.00. The minimum atomic E-state index is -2.02. The summed E-state index contributed by atoms with van der Waals surface area (Å²) in [5.41, 5.74) is 0.646. The molecular weight excluding hydrogens is 230 g/mol. The monoisotopic (exact) mass is 243 g/mol. The van der Waals surface area contributed by atoms with Crippen LogP contribution in [0.4, 0.5) is 5.69 Å². The normalized spacial score (nSPS) is 15.6. The molecule has 1 aliphatic rings. The topological polar surface area (TPSA) is 59.0 Å². The van der Waals surface area contributed by atoms with E-state index >= 15 is 0 Å². The molecule has 0 aliphatic carbocycles. The highest BCUT2D eigenvalue weighted by Crippen LogP contribution is 2.34. The Kier molecular flexibility index (Phi) is 3.31. The van der Waals surface area contributed by atoms with E-state index < -0.39 is 11.3 Å². The van der Waals surface area contributed by atoms with Gasteiger partial charge in [-0.2, -0.15) is 0 Å². The third kappa shape index (κ3) is 2.12. The predicted octanol–water partition coefficient (Wildman–Crippen LogP) is 1.42. The summed E-state index contributed by atoms with van der Waals surface area (Å²) in [6, 6.07) is 5.20. The summed E-state index contributed by atoms with van der Waals surface area (Å²) in [4.78, 5) is 0. The summed E-state index contributed by atoms with van der Waals surface area (Å²) in [5.74, 6) is 1.29. The number of nitrogens with zero attached hydrogens (tertiary/aromatic N) is 1. The van der Waals surface area contributed by atoms with Gasteiger partial charge in [0.05, 0.1) is 5.69 Å². The predicted molar refractivity (Wildman–Crippen MR) is 61.2 cm³/mol. The average Bonchev–Trinajstić information content (AvgIpc) is 2.29. The van der Waals surface area contributed by atoms with E-state index in [9.17, 15) is 4.21 Å². The molecule has 2 rings (SSSR count). The molecule has 0 fully saturated rings. The van der Waals surface area contributed by atoms with Crippen LogP contribution in [-0.4, -0.2) is 28.5 Å². The third-order valence-corrected chi connectivity index (χ3v) is 3.14. The van der Waals surface area contributed by atoms with E-state index in [4.69, 9.17) is 14.0 Å². The molecule has 6 heteroatoms. The first-order chi connectivity index (χ1) is 7.72. The van der Waals surface area contributed by atoms with E-state index in [1.807, 2.05) is 6.92 Å². The zero-order valence-electron chi connectivity index (χ0n) is 8.88. The summed E-state index contributed by atoms with van der Waals surface area (Å²) < 4.78 is 32.3. The third-order valence-electron chi connectivity index (χ3n) is 2.29. The lowest BCUT2D eigenvalue weighted by Crippen LogP contribution is -2.25. The van der Waals surface area contributed by atoms with Crippen LogP contribution in [0.2, 0.25) is 0 Å². The number of benzene rings is 1. The molecule has 0 aromatic heterocycles. The van der Waals surface area contributed by atoms with E-state index in [2.05, 4.69) is 0 Å². The van der Waals surface area contributed by atoms with Crippen LogP contribution in [0, 0.1) is 0 Å². The van der Waals surface area contributed by atoms with Gasteiger partial charge in [-0.05, 0) is 19.1 Å². The Morgan fingerprint density at radius 3 is 2.69 bits per heavy atom. The Bertz CT molecular complexity index is 410. The Balaban J connectivity index is 2.32.